The van der Waals surface area contributed by atoms with Gasteiger partial charge in [-0.25, -0.2) is 4.79 Å². The molecule has 1 heterocycles. The zero-order valence-corrected chi connectivity index (χ0v) is 13.9. The molecule has 5 nitrogen and oxygen atoms in total. The second-order valence-electron chi connectivity index (χ2n) is 5.76. The molecule has 136 valence electrons. The maximum Gasteiger partial charge on any atom is 0.387 e. The van der Waals surface area contributed by atoms with Gasteiger partial charge in [-0.2, -0.15) is 8.78 Å². The Bertz CT molecular complexity index is 792. The number of carbonyl (C=O) groups is 2. The number of nitrogens with zero attached hydrogens (tertiary/aromatic N) is 1. The molecule has 1 aliphatic heterocycles. The lowest BCUT2D eigenvalue weighted by Crippen LogP contribution is -2.38. The summed E-state index contributed by atoms with van der Waals surface area (Å²) < 4.78 is 33.5. The number of aryl methyl sites for hydroxylation is 1. The Balaban J connectivity index is 1.59. The molecule has 0 atom stereocenters. The average Bonchev–Trinajstić information content (AvgIpc) is 2.65. The molecule has 0 N–H and O–H groups in total. The molecule has 3 rings (SSSR count). The van der Waals surface area contributed by atoms with Crippen LogP contribution in [0.5, 0.6) is 5.75 Å². The summed E-state index contributed by atoms with van der Waals surface area (Å²) in [6.07, 6.45) is 1.76. The van der Waals surface area contributed by atoms with Gasteiger partial charge in [0.25, 0.3) is 5.91 Å². The highest BCUT2D eigenvalue weighted by atomic mass is 19.3. The lowest BCUT2D eigenvalue weighted by Gasteiger charge is -2.29. The van der Waals surface area contributed by atoms with E-state index in [2.05, 4.69) is 4.74 Å². The lowest BCUT2D eigenvalue weighted by atomic mass is 10.0. The summed E-state index contributed by atoms with van der Waals surface area (Å²) >= 11 is 0. The first-order chi connectivity index (χ1) is 12.5. The first-order valence-electron chi connectivity index (χ1n) is 8.15. The van der Waals surface area contributed by atoms with Crippen molar-refractivity contribution in [3.63, 3.8) is 0 Å². The van der Waals surface area contributed by atoms with Crippen LogP contribution in [0.3, 0.4) is 0 Å². The highest BCUT2D eigenvalue weighted by Crippen LogP contribution is 2.26. The van der Waals surface area contributed by atoms with Crippen molar-refractivity contribution in [2.24, 2.45) is 0 Å². The predicted octanol–water partition coefficient (Wildman–Crippen LogP) is 3.42. The Labute approximate surface area is 149 Å². The molecule has 7 heteroatoms. The van der Waals surface area contributed by atoms with Crippen LogP contribution in [0.2, 0.25) is 0 Å². The molecule has 0 spiro atoms. The maximum atomic E-state index is 12.4. The van der Waals surface area contributed by atoms with E-state index in [-0.39, 0.29) is 23.8 Å². The summed E-state index contributed by atoms with van der Waals surface area (Å²) in [5, 5.41) is 0. The Morgan fingerprint density at radius 1 is 1.08 bits per heavy atom. The lowest BCUT2D eigenvalue weighted by molar-refractivity contribution is -0.121. The third-order valence-corrected chi connectivity index (χ3v) is 4.05. The molecule has 0 radical (unpaired) electrons. The molecule has 2 aromatic rings. The maximum absolute atomic E-state index is 12.4. The Morgan fingerprint density at radius 3 is 2.54 bits per heavy atom. The topological polar surface area (TPSA) is 55.8 Å². The number of esters is 1. The SMILES string of the molecule is O=C(OCC(=O)N1CCCc2ccccc21)c1ccc(OC(F)F)cc1. The van der Waals surface area contributed by atoms with E-state index in [1.54, 1.807) is 4.90 Å². The number of hydrogen-bond acceptors (Lipinski definition) is 4. The van der Waals surface area contributed by atoms with Crippen LogP contribution in [0.25, 0.3) is 0 Å². The molecule has 0 fully saturated rings. The second-order valence-corrected chi connectivity index (χ2v) is 5.76. The zero-order valence-electron chi connectivity index (χ0n) is 13.9. The molecule has 1 aliphatic rings. The normalized spacial score (nSPS) is 13.3. The minimum Gasteiger partial charge on any atom is -0.452 e. The Kier molecular flexibility index (Phi) is 5.46. The zero-order chi connectivity index (χ0) is 18.5. The van der Waals surface area contributed by atoms with Crippen LogP contribution in [-0.4, -0.2) is 31.6 Å². The van der Waals surface area contributed by atoms with Crippen LogP contribution in [0.4, 0.5) is 14.5 Å². The molecule has 0 aromatic heterocycles. The van der Waals surface area contributed by atoms with E-state index < -0.39 is 12.6 Å². The van der Waals surface area contributed by atoms with Crippen LogP contribution in [0.15, 0.2) is 48.5 Å². The van der Waals surface area contributed by atoms with E-state index in [0.29, 0.717) is 6.54 Å². The molecule has 26 heavy (non-hydrogen) atoms. The van der Waals surface area contributed by atoms with Crippen LogP contribution >= 0.6 is 0 Å². The van der Waals surface area contributed by atoms with Gasteiger partial charge in [0.15, 0.2) is 6.61 Å². The summed E-state index contributed by atoms with van der Waals surface area (Å²) in [4.78, 5) is 26.1. The fourth-order valence-electron chi connectivity index (χ4n) is 2.85. The van der Waals surface area contributed by atoms with E-state index in [4.69, 9.17) is 4.74 Å². The number of carbonyl (C=O) groups excluding carboxylic acids is 2. The Morgan fingerprint density at radius 2 is 1.81 bits per heavy atom. The number of benzene rings is 2. The number of fused-ring (bicyclic) bond motifs is 1. The summed E-state index contributed by atoms with van der Waals surface area (Å²) in [5.41, 5.74) is 2.08. The third kappa shape index (κ3) is 4.17. The number of halogens is 2. The van der Waals surface area contributed by atoms with Gasteiger partial charge in [-0.05, 0) is 48.7 Å². The van der Waals surface area contributed by atoms with E-state index >= 15 is 0 Å². The first kappa shape index (κ1) is 17.8. The highest BCUT2D eigenvalue weighted by Gasteiger charge is 2.23. The largest absolute Gasteiger partial charge is 0.452 e. The van der Waals surface area contributed by atoms with Gasteiger partial charge in [0, 0.05) is 12.2 Å². The quantitative estimate of drug-likeness (QED) is 0.766. The van der Waals surface area contributed by atoms with Crippen LogP contribution in [0, 0.1) is 0 Å². The average molecular weight is 361 g/mol. The van der Waals surface area contributed by atoms with Gasteiger partial charge >= 0.3 is 12.6 Å². The van der Waals surface area contributed by atoms with Crippen molar-refractivity contribution in [3.8, 4) is 5.75 Å². The fraction of sp³-hybridized carbons (Fsp3) is 0.263. The molecular weight excluding hydrogens is 344 g/mol. The minimum absolute atomic E-state index is 0.0578. The number of anilines is 1. The van der Waals surface area contributed by atoms with Gasteiger partial charge in [-0.1, -0.05) is 18.2 Å². The smallest absolute Gasteiger partial charge is 0.387 e. The van der Waals surface area contributed by atoms with Crippen molar-refractivity contribution in [2.45, 2.75) is 19.5 Å². The molecule has 0 aliphatic carbocycles. The second kappa shape index (κ2) is 7.95. The van der Waals surface area contributed by atoms with Crippen molar-refractivity contribution in [1.82, 2.24) is 0 Å². The molecule has 0 unspecified atom stereocenters. The number of alkyl halides is 2. The molecule has 0 bridgehead atoms. The number of amides is 1. The molecule has 0 saturated carbocycles. The van der Waals surface area contributed by atoms with E-state index in [1.165, 1.54) is 24.3 Å². The first-order valence-corrected chi connectivity index (χ1v) is 8.15. The minimum atomic E-state index is -2.93. The van der Waals surface area contributed by atoms with Crippen LogP contribution < -0.4 is 9.64 Å². The van der Waals surface area contributed by atoms with Gasteiger partial charge in [-0.15, -0.1) is 0 Å². The summed E-state index contributed by atoms with van der Waals surface area (Å²) in [6.45, 7) is -2.74. The number of rotatable bonds is 5. The molecule has 0 saturated heterocycles. The third-order valence-electron chi connectivity index (χ3n) is 4.05. The van der Waals surface area contributed by atoms with Crippen molar-refractivity contribution < 1.29 is 27.8 Å². The van der Waals surface area contributed by atoms with Gasteiger partial charge in [0.05, 0.1) is 5.56 Å². The van der Waals surface area contributed by atoms with E-state index in [1.807, 2.05) is 24.3 Å². The van der Waals surface area contributed by atoms with Crippen molar-refractivity contribution in [1.29, 1.82) is 0 Å². The van der Waals surface area contributed by atoms with Crippen molar-refractivity contribution in [2.75, 3.05) is 18.1 Å². The van der Waals surface area contributed by atoms with Crippen molar-refractivity contribution in [3.05, 3.63) is 59.7 Å². The van der Waals surface area contributed by atoms with Crippen molar-refractivity contribution >= 4 is 17.6 Å². The predicted molar refractivity (Wildman–Crippen MR) is 90.5 cm³/mol. The Hall–Kier alpha value is -2.96. The number of hydrogen-bond donors (Lipinski definition) is 0. The van der Waals surface area contributed by atoms with Gasteiger partial charge in [-0.3, -0.25) is 4.79 Å². The molecular formula is C19H17F2NO4. The van der Waals surface area contributed by atoms with E-state index in [9.17, 15) is 18.4 Å². The highest BCUT2D eigenvalue weighted by molar-refractivity contribution is 5.98. The number of ether oxygens (including phenoxy) is 2. The number of para-hydroxylation sites is 1. The van der Waals surface area contributed by atoms with Crippen LogP contribution in [-0.2, 0) is 16.0 Å². The van der Waals surface area contributed by atoms with Gasteiger partial charge in [0.1, 0.15) is 5.75 Å². The van der Waals surface area contributed by atoms with Crippen LogP contribution in [0.1, 0.15) is 22.3 Å². The monoisotopic (exact) mass is 361 g/mol. The fourth-order valence-corrected chi connectivity index (χ4v) is 2.85. The summed E-state index contributed by atoms with van der Waals surface area (Å²) in [5.74, 6) is -1.06. The van der Waals surface area contributed by atoms with Gasteiger partial charge in [0.2, 0.25) is 0 Å². The standard InChI is InChI=1S/C19H17F2NO4/c20-19(21)26-15-9-7-14(8-10-15)18(24)25-12-17(23)22-11-3-5-13-4-1-2-6-16(13)22/h1-2,4,6-10,19H,3,5,11-12H2. The van der Waals surface area contributed by atoms with E-state index in [0.717, 1.165) is 24.1 Å². The summed E-state index contributed by atoms with van der Waals surface area (Å²) in [7, 11) is 0. The summed E-state index contributed by atoms with van der Waals surface area (Å²) in [6, 6.07) is 12.7. The van der Waals surface area contributed by atoms with Gasteiger partial charge < -0.3 is 14.4 Å². The molecule has 1 amide bonds. The molecule has 2 aromatic carbocycles.